The van der Waals surface area contributed by atoms with Crippen molar-refractivity contribution in [3.05, 3.63) is 36.2 Å². The highest BCUT2D eigenvalue weighted by molar-refractivity contribution is 7.99. The average molecular weight is 307 g/mol. The van der Waals surface area contributed by atoms with Crippen molar-refractivity contribution in [2.24, 2.45) is 0 Å². The van der Waals surface area contributed by atoms with Gasteiger partial charge in [0, 0.05) is 6.54 Å². The largest absolute Gasteiger partial charge is 0.494 e. The molecule has 0 bridgehead atoms. The van der Waals surface area contributed by atoms with Crippen LogP contribution in [0.3, 0.4) is 0 Å². The second-order valence-electron chi connectivity index (χ2n) is 4.38. The lowest BCUT2D eigenvalue weighted by molar-refractivity contribution is -0.133. The molecule has 0 aliphatic heterocycles. The Bertz CT molecular complexity index is 586. The number of benzene rings is 1. The summed E-state index contributed by atoms with van der Waals surface area (Å²) in [6.45, 7) is 3.15. The van der Waals surface area contributed by atoms with E-state index in [1.807, 2.05) is 41.8 Å². The molecule has 0 aliphatic carbocycles. The fourth-order valence-electron chi connectivity index (χ4n) is 1.78. The number of carboxylic acids is 1. The highest BCUT2D eigenvalue weighted by atomic mass is 32.2. The zero-order valence-corrected chi connectivity index (χ0v) is 12.5. The Hall–Kier alpha value is -2.02. The first kappa shape index (κ1) is 15.4. The highest BCUT2D eigenvalue weighted by Gasteiger charge is 2.10. The van der Waals surface area contributed by atoms with Crippen LogP contribution in [0.15, 0.2) is 35.5 Å². The van der Waals surface area contributed by atoms with Crippen molar-refractivity contribution in [3.8, 4) is 5.75 Å². The van der Waals surface area contributed by atoms with Crippen molar-refractivity contribution >= 4 is 17.7 Å². The third-order valence-corrected chi connectivity index (χ3v) is 3.72. The highest BCUT2D eigenvalue weighted by Crippen LogP contribution is 2.17. The fourth-order valence-corrected chi connectivity index (χ4v) is 2.51. The Morgan fingerprint density at radius 2 is 2.10 bits per heavy atom. The number of aromatic nitrogens is 3. The van der Waals surface area contributed by atoms with Gasteiger partial charge < -0.3 is 14.4 Å². The number of rotatable bonds is 8. The summed E-state index contributed by atoms with van der Waals surface area (Å²) in [5.41, 5.74) is 0. The van der Waals surface area contributed by atoms with Crippen LogP contribution in [0.25, 0.3) is 0 Å². The summed E-state index contributed by atoms with van der Waals surface area (Å²) in [5, 5.41) is 17.3. The Morgan fingerprint density at radius 3 is 2.81 bits per heavy atom. The van der Waals surface area contributed by atoms with E-state index in [1.54, 1.807) is 0 Å². The van der Waals surface area contributed by atoms with Gasteiger partial charge in [0.2, 0.25) is 0 Å². The van der Waals surface area contributed by atoms with E-state index in [0.29, 0.717) is 18.3 Å². The summed E-state index contributed by atoms with van der Waals surface area (Å²) < 4.78 is 7.55. The standard InChI is InChI=1S/C14H17N3O3S/c1-11-15-16-14(21-10-13(18)19)17(11)8-5-9-20-12-6-3-2-4-7-12/h2-4,6-7H,5,8-10H2,1H3,(H,18,19). The minimum Gasteiger partial charge on any atom is -0.494 e. The molecule has 1 N–H and O–H groups in total. The maximum Gasteiger partial charge on any atom is 0.313 e. The molecule has 1 heterocycles. The summed E-state index contributed by atoms with van der Waals surface area (Å²) in [6.07, 6.45) is 0.800. The number of thioether (sulfide) groups is 1. The van der Waals surface area contributed by atoms with Gasteiger partial charge in [0.15, 0.2) is 5.16 Å². The van der Waals surface area contributed by atoms with Crippen molar-refractivity contribution in [3.63, 3.8) is 0 Å². The molecule has 112 valence electrons. The first-order valence-electron chi connectivity index (χ1n) is 6.59. The van der Waals surface area contributed by atoms with Crippen LogP contribution in [0.2, 0.25) is 0 Å². The molecule has 6 nitrogen and oxygen atoms in total. The number of hydrogen-bond acceptors (Lipinski definition) is 5. The lowest BCUT2D eigenvalue weighted by Crippen LogP contribution is -2.08. The maximum absolute atomic E-state index is 10.6. The van der Waals surface area contributed by atoms with E-state index in [1.165, 1.54) is 11.8 Å². The van der Waals surface area contributed by atoms with Crippen molar-refractivity contribution in [1.29, 1.82) is 0 Å². The summed E-state index contributed by atoms with van der Waals surface area (Å²) in [5.74, 6) is 0.749. The van der Waals surface area contributed by atoms with Gasteiger partial charge in [0.1, 0.15) is 11.6 Å². The molecule has 0 aliphatic rings. The summed E-state index contributed by atoms with van der Waals surface area (Å²) in [6, 6.07) is 9.63. The van der Waals surface area contributed by atoms with E-state index in [2.05, 4.69) is 10.2 Å². The van der Waals surface area contributed by atoms with Gasteiger partial charge in [-0.15, -0.1) is 10.2 Å². The van der Waals surface area contributed by atoms with E-state index >= 15 is 0 Å². The molecule has 2 rings (SSSR count). The van der Waals surface area contributed by atoms with Gasteiger partial charge in [0.05, 0.1) is 12.4 Å². The van der Waals surface area contributed by atoms with Crippen LogP contribution >= 0.6 is 11.8 Å². The fraction of sp³-hybridized carbons (Fsp3) is 0.357. The number of para-hydroxylation sites is 1. The van der Waals surface area contributed by atoms with Gasteiger partial charge in [-0.3, -0.25) is 4.79 Å². The number of carbonyl (C=O) groups is 1. The van der Waals surface area contributed by atoms with Crippen LogP contribution in [0.5, 0.6) is 5.75 Å². The Kier molecular flexibility index (Phi) is 5.62. The van der Waals surface area contributed by atoms with E-state index in [-0.39, 0.29) is 5.75 Å². The smallest absolute Gasteiger partial charge is 0.313 e. The zero-order chi connectivity index (χ0) is 15.1. The van der Waals surface area contributed by atoms with Crippen molar-refractivity contribution < 1.29 is 14.6 Å². The number of nitrogens with zero attached hydrogens (tertiary/aromatic N) is 3. The van der Waals surface area contributed by atoms with Gasteiger partial charge >= 0.3 is 5.97 Å². The number of aryl methyl sites for hydroxylation is 1. The minimum absolute atomic E-state index is 0.0152. The van der Waals surface area contributed by atoms with E-state index in [4.69, 9.17) is 9.84 Å². The molecule has 0 radical (unpaired) electrons. The third-order valence-electron chi connectivity index (χ3n) is 2.76. The molecule has 2 aromatic rings. The molecule has 0 atom stereocenters. The second kappa shape index (κ2) is 7.68. The predicted molar refractivity (Wildman–Crippen MR) is 79.7 cm³/mol. The normalized spacial score (nSPS) is 10.5. The van der Waals surface area contributed by atoms with Gasteiger partial charge in [-0.05, 0) is 25.5 Å². The van der Waals surface area contributed by atoms with Crippen LogP contribution in [0.4, 0.5) is 0 Å². The molecule has 1 aromatic carbocycles. The number of hydrogen-bond donors (Lipinski definition) is 1. The van der Waals surface area contributed by atoms with Crippen molar-refractivity contribution in [1.82, 2.24) is 14.8 Å². The lowest BCUT2D eigenvalue weighted by Gasteiger charge is -2.09. The van der Waals surface area contributed by atoms with Crippen LogP contribution in [0.1, 0.15) is 12.2 Å². The zero-order valence-electron chi connectivity index (χ0n) is 11.7. The van der Waals surface area contributed by atoms with Crippen LogP contribution in [-0.4, -0.2) is 38.2 Å². The molecule has 0 unspecified atom stereocenters. The Labute approximate surface area is 127 Å². The predicted octanol–water partition coefficient (Wildman–Crippen LogP) is 2.23. The molecule has 0 amide bonds. The summed E-state index contributed by atoms with van der Waals surface area (Å²) in [4.78, 5) is 10.6. The SMILES string of the molecule is Cc1nnc(SCC(=O)O)n1CCCOc1ccccc1. The van der Waals surface area contributed by atoms with Gasteiger partial charge in [-0.25, -0.2) is 0 Å². The van der Waals surface area contributed by atoms with Crippen LogP contribution < -0.4 is 4.74 Å². The third kappa shape index (κ3) is 4.78. The van der Waals surface area contributed by atoms with E-state index in [9.17, 15) is 4.79 Å². The summed E-state index contributed by atoms with van der Waals surface area (Å²) >= 11 is 1.18. The Morgan fingerprint density at radius 1 is 1.33 bits per heavy atom. The lowest BCUT2D eigenvalue weighted by atomic mass is 10.3. The van der Waals surface area contributed by atoms with Crippen LogP contribution in [-0.2, 0) is 11.3 Å². The molecule has 21 heavy (non-hydrogen) atoms. The molecule has 0 spiro atoms. The van der Waals surface area contributed by atoms with Crippen LogP contribution in [0, 0.1) is 6.92 Å². The number of ether oxygens (including phenoxy) is 1. The van der Waals surface area contributed by atoms with Gasteiger partial charge in [0.25, 0.3) is 0 Å². The van der Waals surface area contributed by atoms with Crippen molar-refractivity contribution in [2.45, 2.75) is 25.0 Å². The summed E-state index contributed by atoms with van der Waals surface area (Å²) in [7, 11) is 0. The molecule has 0 saturated carbocycles. The second-order valence-corrected chi connectivity index (χ2v) is 5.32. The maximum atomic E-state index is 10.6. The average Bonchev–Trinajstić information content (AvgIpc) is 2.83. The quantitative estimate of drug-likeness (QED) is 0.595. The first-order chi connectivity index (χ1) is 10.2. The number of carboxylic acid groups (broad SMARTS) is 1. The van der Waals surface area contributed by atoms with Gasteiger partial charge in [-0.2, -0.15) is 0 Å². The Balaban J connectivity index is 1.82. The molecular formula is C14H17N3O3S. The molecule has 7 heteroatoms. The monoisotopic (exact) mass is 307 g/mol. The minimum atomic E-state index is -0.861. The molecule has 0 saturated heterocycles. The molecular weight excluding hydrogens is 290 g/mol. The van der Waals surface area contributed by atoms with Gasteiger partial charge in [-0.1, -0.05) is 30.0 Å². The first-order valence-corrected chi connectivity index (χ1v) is 7.57. The van der Waals surface area contributed by atoms with E-state index < -0.39 is 5.97 Å². The van der Waals surface area contributed by atoms with E-state index in [0.717, 1.165) is 18.0 Å². The topological polar surface area (TPSA) is 77.2 Å². The van der Waals surface area contributed by atoms with Crippen molar-refractivity contribution in [2.75, 3.05) is 12.4 Å². The molecule has 1 aromatic heterocycles. The number of aliphatic carboxylic acids is 1. The molecule has 0 fully saturated rings.